The number of unbranched alkanes of at least 4 members (excludes halogenated alkanes) is 5. The molecule has 0 spiro atoms. The first-order valence-electron chi connectivity index (χ1n) is 22.4. The summed E-state index contributed by atoms with van der Waals surface area (Å²) in [5.41, 5.74) is 8.18. The highest BCUT2D eigenvalue weighted by atomic mass is 35.5. The minimum absolute atomic E-state index is 0.0255. The molecule has 66 heavy (non-hydrogen) atoms. The van der Waals surface area contributed by atoms with Crippen molar-refractivity contribution in [2.75, 3.05) is 26.2 Å². The maximum atomic E-state index is 14.1. The van der Waals surface area contributed by atoms with Gasteiger partial charge in [-0.1, -0.05) is 99.6 Å². The lowest BCUT2D eigenvalue weighted by Crippen LogP contribution is -2.55. The van der Waals surface area contributed by atoms with E-state index in [0.29, 0.717) is 30.5 Å². The lowest BCUT2D eigenvalue weighted by atomic mass is 9.85. The van der Waals surface area contributed by atoms with E-state index in [1.54, 1.807) is 43.5 Å². The smallest absolute Gasteiger partial charge is 0.289 e. The number of rotatable bonds is 28. The Bertz CT molecular complexity index is 2170. The minimum atomic E-state index is -4.03. The Balaban J connectivity index is 1.34. The number of carbonyl (C=O) groups excluding carboxylic acids is 6. The fourth-order valence-corrected chi connectivity index (χ4v) is 9.63. The molecular formula is C44H61Cl2N9O10S. The molecule has 19 nitrogen and oxygen atoms in total. The minimum Gasteiger partial charge on any atom is -0.365 e. The number of aliphatic imine (C=N–C) groups is 1. The molecule has 2 aromatic carbocycles. The predicted octanol–water partition coefficient (Wildman–Crippen LogP) is 4.68. The van der Waals surface area contributed by atoms with Crippen molar-refractivity contribution in [1.29, 1.82) is 0 Å². The van der Waals surface area contributed by atoms with Crippen LogP contribution in [0.1, 0.15) is 124 Å². The van der Waals surface area contributed by atoms with Gasteiger partial charge >= 0.3 is 0 Å². The molecule has 7 N–H and O–H groups in total. The standard InChI is InChI=1S/C44H61Cl2N9O10S/c1-28(2)26-37(38(56)41(59)48-23-24-50-66(64,65)30-20-21-34(45)35(46)27-30)52-40(58)36(19-13-22-49-44(47)53-55(62)63)51-39(57)31(29-14-8-9-15-29)16-7-5-3-4-6-12-25-54-42(60)32-17-10-11-18-33(32)43(54)61/h10-11,17-18,20-21,27-29,31,36-37,50H,3-9,12-16,19,22-26H2,1-2H3,(H,48,59)(H,51,57)(H,52,58)(H3,47,49,53)/t31?,36-,37-/m0/s1. The monoisotopic (exact) mass is 977 g/mol. The molecule has 1 fully saturated rings. The number of amides is 5. The molecule has 1 saturated carbocycles. The number of Topliss-reactive ketones (excluding diaryl/α,β-unsaturated/α-hetero) is 1. The van der Waals surface area contributed by atoms with E-state index in [9.17, 15) is 47.3 Å². The maximum absolute atomic E-state index is 14.1. The lowest BCUT2D eigenvalue weighted by Gasteiger charge is -2.27. The number of sulfonamides is 1. The number of hydrogen-bond acceptors (Lipinski definition) is 11. The summed E-state index contributed by atoms with van der Waals surface area (Å²) in [5.74, 6) is -4.44. The molecule has 0 saturated heterocycles. The number of imide groups is 1. The highest BCUT2D eigenvalue weighted by Gasteiger charge is 2.36. The number of nitrogens with two attached hydrogens (primary N) is 1. The van der Waals surface area contributed by atoms with Gasteiger partial charge in [0.25, 0.3) is 23.7 Å². The molecule has 4 rings (SSSR count). The second-order valence-electron chi connectivity index (χ2n) is 17.0. The third-order valence-corrected chi connectivity index (χ3v) is 13.8. The van der Waals surface area contributed by atoms with Gasteiger partial charge in [-0.05, 0) is 87.1 Å². The van der Waals surface area contributed by atoms with E-state index in [2.05, 4.69) is 25.7 Å². The molecule has 5 amide bonds. The van der Waals surface area contributed by atoms with Crippen molar-refractivity contribution in [3.05, 3.63) is 73.8 Å². The van der Waals surface area contributed by atoms with E-state index in [1.165, 1.54) is 23.1 Å². The molecular weight excluding hydrogens is 918 g/mol. The van der Waals surface area contributed by atoms with Crippen LogP contribution in [0.25, 0.3) is 0 Å². The number of hydrogen-bond donors (Lipinski definition) is 6. The van der Waals surface area contributed by atoms with Gasteiger partial charge in [-0.15, -0.1) is 0 Å². The Morgan fingerprint density at radius 1 is 0.848 bits per heavy atom. The van der Waals surface area contributed by atoms with Crippen molar-refractivity contribution in [3.63, 3.8) is 0 Å². The van der Waals surface area contributed by atoms with Gasteiger partial charge in [0.1, 0.15) is 6.04 Å². The summed E-state index contributed by atoms with van der Waals surface area (Å²) in [6.07, 6.45) is 9.47. The molecule has 2 aliphatic rings. The van der Waals surface area contributed by atoms with E-state index >= 15 is 0 Å². The molecule has 2 aromatic rings. The van der Waals surface area contributed by atoms with Crippen LogP contribution in [0.3, 0.4) is 0 Å². The number of benzene rings is 2. The average molecular weight is 979 g/mol. The third kappa shape index (κ3) is 16.3. The highest BCUT2D eigenvalue weighted by molar-refractivity contribution is 7.89. The van der Waals surface area contributed by atoms with Gasteiger partial charge in [-0.3, -0.25) is 33.7 Å². The number of fused-ring (bicyclic) bond motifs is 1. The van der Waals surface area contributed by atoms with Crippen LogP contribution in [-0.4, -0.2) is 97.9 Å². The largest absolute Gasteiger partial charge is 0.365 e. The van der Waals surface area contributed by atoms with Gasteiger partial charge in [0, 0.05) is 32.1 Å². The van der Waals surface area contributed by atoms with Crippen molar-refractivity contribution in [3.8, 4) is 0 Å². The molecule has 1 unspecified atom stereocenters. The van der Waals surface area contributed by atoms with Crippen LogP contribution in [0.4, 0.5) is 0 Å². The average Bonchev–Trinajstić information content (AvgIpc) is 3.88. The topological polar surface area (TPSA) is 281 Å². The molecule has 1 aliphatic carbocycles. The van der Waals surface area contributed by atoms with Crippen LogP contribution < -0.4 is 31.8 Å². The molecule has 0 aromatic heterocycles. The van der Waals surface area contributed by atoms with Gasteiger partial charge in [-0.2, -0.15) is 0 Å². The summed E-state index contributed by atoms with van der Waals surface area (Å²) in [5, 5.41) is 18.1. The number of ketones is 1. The number of carbonyl (C=O) groups is 6. The van der Waals surface area contributed by atoms with Crippen molar-refractivity contribution < 1.29 is 42.2 Å². The fourth-order valence-electron chi connectivity index (χ4n) is 8.20. The van der Waals surface area contributed by atoms with Crippen LogP contribution in [-0.2, 0) is 29.2 Å². The van der Waals surface area contributed by atoms with Crippen LogP contribution >= 0.6 is 23.2 Å². The van der Waals surface area contributed by atoms with Crippen molar-refractivity contribution in [1.82, 2.24) is 31.0 Å². The number of hydrazine groups is 1. The SMILES string of the molecule is CC(C)C[C@H](NC(=O)[C@H](CCCN=C(N)N[N+](=O)[O-])NC(=O)C(CCCCCCCCN1C(=O)c2ccccc2C1=O)C1CCCC1)C(=O)C(=O)NCCNS(=O)(=O)c1ccc(Cl)c(Cl)c1. The Morgan fingerprint density at radius 3 is 2.09 bits per heavy atom. The lowest BCUT2D eigenvalue weighted by molar-refractivity contribution is -0.525. The van der Waals surface area contributed by atoms with E-state index < -0.39 is 50.7 Å². The van der Waals surface area contributed by atoms with Gasteiger partial charge in [0.2, 0.25) is 27.6 Å². The Kier molecular flexibility index (Phi) is 21.2. The highest BCUT2D eigenvalue weighted by Crippen LogP contribution is 2.35. The number of halogens is 2. The summed E-state index contributed by atoms with van der Waals surface area (Å²) in [6, 6.07) is 8.12. The van der Waals surface area contributed by atoms with Gasteiger partial charge in [-0.25, -0.2) is 28.2 Å². The third-order valence-electron chi connectivity index (χ3n) is 11.6. The zero-order chi connectivity index (χ0) is 48.4. The molecule has 1 aliphatic heterocycles. The molecule has 0 bridgehead atoms. The first kappa shape index (κ1) is 53.4. The van der Waals surface area contributed by atoms with E-state index in [4.69, 9.17) is 28.9 Å². The molecule has 3 atom stereocenters. The van der Waals surface area contributed by atoms with Crippen molar-refractivity contribution in [2.45, 2.75) is 121 Å². The fraction of sp³-hybridized carbons (Fsp3) is 0.568. The predicted molar refractivity (Wildman–Crippen MR) is 248 cm³/mol. The molecule has 362 valence electrons. The van der Waals surface area contributed by atoms with Crippen LogP contribution in [0.5, 0.6) is 0 Å². The second-order valence-corrected chi connectivity index (χ2v) is 19.6. The van der Waals surface area contributed by atoms with Gasteiger partial charge in [0.05, 0.1) is 32.1 Å². The summed E-state index contributed by atoms with van der Waals surface area (Å²) in [4.78, 5) is 95.9. The van der Waals surface area contributed by atoms with Gasteiger partial charge < -0.3 is 21.7 Å². The van der Waals surface area contributed by atoms with E-state index in [0.717, 1.165) is 57.8 Å². The maximum Gasteiger partial charge on any atom is 0.289 e. The van der Waals surface area contributed by atoms with Crippen molar-refractivity contribution >= 4 is 74.5 Å². The number of nitrogens with zero attached hydrogens (tertiary/aromatic N) is 3. The van der Waals surface area contributed by atoms with E-state index in [1.807, 2.05) is 0 Å². The normalized spacial score (nSPS) is 15.6. The summed E-state index contributed by atoms with van der Waals surface area (Å²) in [7, 11) is -4.03. The first-order chi connectivity index (χ1) is 31.4. The Hall–Kier alpha value is -5.18. The zero-order valence-electron chi connectivity index (χ0n) is 37.3. The van der Waals surface area contributed by atoms with Crippen LogP contribution in [0, 0.1) is 27.9 Å². The van der Waals surface area contributed by atoms with E-state index in [-0.39, 0.29) is 89.3 Å². The Labute approximate surface area is 395 Å². The zero-order valence-corrected chi connectivity index (χ0v) is 39.7. The van der Waals surface area contributed by atoms with Crippen LogP contribution in [0.2, 0.25) is 10.0 Å². The summed E-state index contributed by atoms with van der Waals surface area (Å²) in [6.45, 7) is 3.39. The number of guanidine groups is 1. The second kappa shape index (κ2) is 26.2. The molecule has 22 heteroatoms. The first-order valence-corrected chi connectivity index (χ1v) is 24.7. The molecule has 1 heterocycles. The van der Waals surface area contributed by atoms with Crippen LogP contribution in [0.15, 0.2) is 52.4 Å². The van der Waals surface area contributed by atoms with Crippen molar-refractivity contribution in [2.24, 2.45) is 28.5 Å². The quantitative estimate of drug-likeness (QED) is 0.0129. The molecule has 0 radical (unpaired) electrons. The van der Waals surface area contributed by atoms with Gasteiger partial charge in [0.15, 0.2) is 5.03 Å². The number of nitro groups is 1. The number of nitrogens with one attached hydrogen (secondary N) is 5. The Morgan fingerprint density at radius 2 is 1.47 bits per heavy atom. The summed E-state index contributed by atoms with van der Waals surface area (Å²) >= 11 is 11.8. The summed E-state index contributed by atoms with van der Waals surface area (Å²) < 4.78 is 27.7.